The van der Waals surface area contributed by atoms with Gasteiger partial charge in [0, 0.05) is 23.7 Å². The maximum absolute atomic E-state index is 12.9. The molecule has 0 unspecified atom stereocenters. The lowest BCUT2D eigenvalue weighted by Crippen LogP contribution is -2.28. The van der Waals surface area contributed by atoms with Gasteiger partial charge in [-0.2, -0.15) is 0 Å². The fourth-order valence-corrected chi connectivity index (χ4v) is 2.95. The smallest absolute Gasteiger partial charge is 0.193 e. The molecule has 0 spiro atoms. The summed E-state index contributed by atoms with van der Waals surface area (Å²) in [5, 5.41) is 0. The van der Waals surface area contributed by atoms with Gasteiger partial charge in [0.15, 0.2) is 5.78 Å². The Labute approximate surface area is 164 Å². The minimum atomic E-state index is 0.0896. The number of hydrogen-bond acceptors (Lipinski definition) is 3. The fourth-order valence-electron chi connectivity index (χ4n) is 2.95. The highest BCUT2D eigenvalue weighted by Gasteiger charge is 2.13. The van der Waals surface area contributed by atoms with Crippen LogP contribution < -0.4 is 4.74 Å². The van der Waals surface area contributed by atoms with E-state index in [4.69, 9.17) is 4.74 Å². The predicted octanol–water partition coefficient (Wildman–Crippen LogP) is 5.37. The van der Waals surface area contributed by atoms with E-state index < -0.39 is 0 Å². The van der Waals surface area contributed by atoms with Gasteiger partial charge in [-0.25, -0.2) is 0 Å². The molecule has 0 aliphatic rings. The molecule has 0 aliphatic heterocycles. The highest BCUT2D eigenvalue weighted by Crippen LogP contribution is 2.19. The van der Waals surface area contributed by atoms with Crippen LogP contribution in [0.5, 0.6) is 5.75 Å². The quantitative estimate of drug-likeness (QED) is 0.395. The van der Waals surface area contributed by atoms with Crippen molar-refractivity contribution in [2.75, 3.05) is 20.2 Å². The van der Waals surface area contributed by atoms with E-state index in [0.717, 1.165) is 49.1 Å². The Bertz CT molecular complexity index is 707. The van der Waals surface area contributed by atoms with Crippen molar-refractivity contribution < 1.29 is 9.53 Å². The minimum Gasteiger partial charge on any atom is -0.494 e. The van der Waals surface area contributed by atoms with E-state index in [1.807, 2.05) is 42.5 Å². The summed E-state index contributed by atoms with van der Waals surface area (Å²) in [5.74, 6) is 0.907. The third-order valence-corrected chi connectivity index (χ3v) is 4.98. The Balaban J connectivity index is 1.94. The Morgan fingerprint density at radius 3 is 2.41 bits per heavy atom. The van der Waals surface area contributed by atoms with Crippen LogP contribution in [-0.4, -0.2) is 36.9 Å². The second-order valence-corrected chi connectivity index (χ2v) is 7.39. The van der Waals surface area contributed by atoms with Gasteiger partial charge in [-0.15, -0.1) is 0 Å². The number of ketones is 1. The van der Waals surface area contributed by atoms with E-state index in [0.29, 0.717) is 18.2 Å². The van der Waals surface area contributed by atoms with E-state index in [9.17, 15) is 4.79 Å². The van der Waals surface area contributed by atoms with E-state index in [2.05, 4.69) is 38.8 Å². The maximum atomic E-state index is 12.9. The molecule has 0 atom stereocenters. The standard InChI is InChI=1S/C24H33NO2/c1-5-6-10-20-11-7-8-12-23(20)24(26)21-13-15-22(16-14-21)27-18-9-17-25(4)19(2)3/h7-8,11-16,19H,5-6,9-10,17-18H2,1-4H3. The third kappa shape index (κ3) is 6.51. The van der Waals surface area contributed by atoms with Gasteiger partial charge in [0.25, 0.3) is 0 Å². The van der Waals surface area contributed by atoms with Crippen LogP contribution in [0.4, 0.5) is 0 Å². The molecule has 2 aromatic carbocycles. The number of benzene rings is 2. The molecular formula is C24H33NO2. The molecular weight excluding hydrogens is 334 g/mol. The number of carbonyl (C=O) groups is 1. The average molecular weight is 368 g/mol. The van der Waals surface area contributed by atoms with Crippen LogP contribution in [0.15, 0.2) is 48.5 Å². The molecule has 0 fully saturated rings. The molecule has 3 heteroatoms. The van der Waals surface area contributed by atoms with Gasteiger partial charge in [-0.05, 0) is 70.0 Å². The van der Waals surface area contributed by atoms with Crippen LogP contribution in [0.1, 0.15) is 61.5 Å². The first-order valence-corrected chi connectivity index (χ1v) is 10.1. The molecule has 0 aliphatic carbocycles. The number of ether oxygens (including phenoxy) is 1. The summed E-state index contributed by atoms with van der Waals surface area (Å²) in [6, 6.07) is 16.0. The molecule has 146 valence electrons. The van der Waals surface area contributed by atoms with Crippen LogP contribution in [0.3, 0.4) is 0 Å². The van der Waals surface area contributed by atoms with E-state index >= 15 is 0 Å². The molecule has 2 aromatic rings. The summed E-state index contributed by atoms with van der Waals surface area (Å²) >= 11 is 0. The molecule has 0 aromatic heterocycles. The predicted molar refractivity (Wildman–Crippen MR) is 113 cm³/mol. The zero-order chi connectivity index (χ0) is 19.6. The summed E-state index contributed by atoms with van der Waals surface area (Å²) in [5.41, 5.74) is 2.67. The molecule has 0 saturated carbocycles. The molecule has 0 bridgehead atoms. The zero-order valence-electron chi connectivity index (χ0n) is 17.2. The number of hydrogen-bond donors (Lipinski definition) is 0. The molecule has 0 N–H and O–H groups in total. The summed E-state index contributed by atoms with van der Waals surface area (Å²) < 4.78 is 5.82. The van der Waals surface area contributed by atoms with Gasteiger partial charge < -0.3 is 9.64 Å². The minimum absolute atomic E-state index is 0.0896. The second kappa shape index (κ2) is 10.9. The summed E-state index contributed by atoms with van der Waals surface area (Å²) in [6.07, 6.45) is 4.16. The second-order valence-electron chi connectivity index (χ2n) is 7.39. The van der Waals surface area contributed by atoms with Crippen LogP contribution >= 0.6 is 0 Å². The van der Waals surface area contributed by atoms with Gasteiger partial charge in [-0.1, -0.05) is 37.6 Å². The summed E-state index contributed by atoms with van der Waals surface area (Å²) in [6.45, 7) is 8.25. The number of unbranched alkanes of at least 4 members (excludes halogenated alkanes) is 1. The topological polar surface area (TPSA) is 29.5 Å². The third-order valence-electron chi connectivity index (χ3n) is 4.98. The highest BCUT2D eigenvalue weighted by atomic mass is 16.5. The van der Waals surface area contributed by atoms with Gasteiger partial charge in [0.2, 0.25) is 0 Å². The van der Waals surface area contributed by atoms with Crippen molar-refractivity contribution in [2.45, 2.75) is 52.5 Å². The number of rotatable bonds is 11. The summed E-state index contributed by atoms with van der Waals surface area (Å²) in [7, 11) is 2.13. The fraction of sp³-hybridized carbons (Fsp3) is 0.458. The lowest BCUT2D eigenvalue weighted by atomic mass is 9.95. The average Bonchev–Trinajstić information content (AvgIpc) is 2.69. The molecule has 0 radical (unpaired) electrons. The molecule has 2 rings (SSSR count). The molecule has 0 heterocycles. The van der Waals surface area contributed by atoms with E-state index in [-0.39, 0.29) is 5.78 Å². The van der Waals surface area contributed by atoms with Crippen molar-refractivity contribution in [3.8, 4) is 5.75 Å². The Morgan fingerprint density at radius 2 is 1.74 bits per heavy atom. The van der Waals surface area contributed by atoms with Crippen molar-refractivity contribution in [2.24, 2.45) is 0 Å². The van der Waals surface area contributed by atoms with Gasteiger partial charge >= 0.3 is 0 Å². The first-order chi connectivity index (χ1) is 13.0. The Hall–Kier alpha value is -2.13. The van der Waals surface area contributed by atoms with Gasteiger partial charge in [0.1, 0.15) is 5.75 Å². The highest BCUT2D eigenvalue weighted by molar-refractivity contribution is 6.09. The van der Waals surface area contributed by atoms with E-state index in [1.54, 1.807) is 0 Å². The van der Waals surface area contributed by atoms with Gasteiger partial charge in [0.05, 0.1) is 6.61 Å². The normalized spacial score (nSPS) is 11.2. The lowest BCUT2D eigenvalue weighted by molar-refractivity contribution is 0.103. The molecule has 0 saturated heterocycles. The van der Waals surface area contributed by atoms with Crippen molar-refractivity contribution in [1.29, 1.82) is 0 Å². The van der Waals surface area contributed by atoms with Crippen LogP contribution in [0, 0.1) is 0 Å². The SMILES string of the molecule is CCCCc1ccccc1C(=O)c1ccc(OCCCN(C)C(C)C)cc1. The number of aryl methyl sites for hydroxylation is 1. The van der Waals surface area contributed by atoms with Gasteiger partial charge in [-0.3, -0.25) is 4.79 Å². The van der Waals surface area contributed by atoms with Crippen molar-refractivity contribution in [3.05, 3.63) is 65.2 Å². The number of carbonyl (C=O) groups excluding carboxylic acids is 1. The molecule has 27 heavy (non-hydrogen) atoms. The largest absolute Gasteiger partial charge is 0.494 e. The maximum Gasteiger partial charge on any atom is 0.193 e. The molecule has 0 amide bonds. The van der Waals surface area contributed by atoms with E-state index in [1.165, 1.54) is 0 Å². The van der Waals surface area contributed by atoms with Crippen molar-refractivity contribution in [3.63, 3.8) is 0 Å². The summed E-state index contributed by atoms with van der Waals surface area (Å²) in [4.78, 5) is 15.2. The first-order valence-electron chi connectivity index (χ1n) is 10.1. The van der Waals surface area contributed by atoms with Crippen LogP contribution in [0.2, 0.25) is 0 Å². The van der Waals surface area contributed by atoms with Crippen molar-refractivity contribution in [1.82, 2.24) is 4.90 Å². The van der Waals surface area contributed by atoms with Crippen LogP contribution in [0.25, 0.3) is 0 Å². The lowest BCUT2D eigenvalue weighted by Gasteiger charge is -2.20. The monoisotopic (exact) mass is 367 g/mol. The van der Waals surface area contributed by atoms with Crippen molar-refractivity contribution >= 4 is 5.78 Å². The zero-order valence-corrected chi connectivity index (χ0v) is 17.2. The Morgan fingerprint density at radius 1 is 1.04 bits per heavy atom. The Kier molecular flexibility index (Phi) is 8.53. The van der Waals surface area contributed by atoms with Crippen LogP contribution in [-0.2, 0) is 6.42 Å². The first kappa shape index (κ1) is 21.2. The number of nitrogens with zero attached hydrogens (tertiary/aromatic N) is 1. The molecule has 3 nitrogen and oxygen atoms in total.